The van der Waals surface area contributed by atoms with E-state index in [9.17, 15) is 9.59 Å². The predicted molar refractivity (Wildman–Crippen MR) is 153 cm³/mol. The lowest BCUT2D eigenvalue weighted by molar-refractivity contribution is -0.144. The van der Waals surface area contributed by atoms with Crippen LogP contribution in [0.25, 0.3) is 11.0 Å². The van der Waals surface area contributed by atoms with Crippen molar-refractivity contribution in [1.29, 1.82) is 0 Å². The van der Waals surface area contributed by atoms with Crippen LogP contribution in [0.2, 0.25) is 0 Å². The summed E-state index contributed by atoms with van der Waals surface area (Å²) in [5.41, 5.74) is 3.89. The van der Waals surface area contributed by atoms with Gasteiger partial charge in [-0.05, 0) is 80.1 Å². The molecule has 1 fully saturated rings. The molecule has 0 bridgehead atoms. The summed E-state index contributed by atoms with van der Waals surface area (Å²) in [4.78, 5) is 29.0. The smallest absolute Gasteiger partial charge is 0.303 e. The van der Waals surface area contributed by atoms with E-state index in [1.807, 2.05) is 24.3 Å². The number of benzene rings is 2. The second-order valence-corrected chi connectivity index (χ2v) is 11.8. The monoisotopic (exact) mass is 538 g/mol. The number of imidazole rings is 1. The van der Waals surface area contributed by atoms with Gasteiger partial charge in [0.15, 0.2) is 6.61 Å². The Bertz CT molecular complexity index is 1260. The van der Waals surface area contributed by atoms with Crippen LogP contribution in [0.5, 0.6) is 0 Å². The fraction of sp³-hybridized carbons (Fsp3) is 0.483. The molecule has 38 heavy (non-hydrogen) atoms. The molecule has 1 saturated heterocycles. The normalized spacial score (nSPS) is 14.4. The highest BCUT2D eigenvalue weighted by Crippen LogP contribution is 2.34. The molecule has 0 radical (unpaired) electrons. The molecule has 0 saturated carbocycles. The van der Waals surface area contributed by atoms with Gasteiger partial charge in [-0.1, -0.05) is 20.8 Å². The molecule has 204 valence electrons. The Kier molecular flexibility index (Phi) is 8.99. The number of nitrogens with zero attached hydrogens (tertiary/aromatic N) is 3. The fourth-order valence-electron chi connectivity index (χ4n) is 4.61. The number of carbonyl (C=O) groups excluding carboxylic acids is 2. The SMILES string of the molecule is CCN(Sc1ccc(NC(=O)COC(C)=O)cc1)c1ccc2c(c1)nc(C(C)(C)C)n2CC1CCOCC1. The molecule has 2 aromatic carbocycles. The molecule has 0 aliphatic carbocycles. The van der Waals surface area contributed by atoms with Crippen molar-refractivity contribution in [3.63, 3.8) is 0 Å². The minimum atomic E-state index is -0.481. The van der Waals surface area contributed by atoms with E-state index < -0.39 is 5.97 Å². The number of rotatable bonds is 9. The van der Waals surface area contributed by atoms with Crippen molar-refractivity contribution < 1.29 is 19.1 Å². The number of nitrogens with one attached hydrogen (secondary N) is 1. The van der Waals surface area contributed by atoms with Crippen LogP contribution in [0.15, 0.2) is 47.4 Å². The third-order valence-corrected chi connectivity index (χ3v) is 7.69. The van der Waals surface area contributed by atoms with Crippen LogP contribution in [0.4, 0.5) is 11.4 Å². The highest BCUT2D eigenvalue weighted by atomic mass is 32.2. The second kappa shape index (κ2) is 12.2. The van der Waals surface area contributed by atoms with Gasteiger partial charge in [-0.2, -0.15) is 0 Å². The summed E-state index contributed by atoms with van der Waals surface area (Å²) in [5.74, 6) is 0.887. The average Bonchev–Trinajstić information content (AvgIpc) is 3.26. The van der Waals surface area contributed by atoms with Crippen LogP contribution in [0.1, 0.15) is 53.3 Å². The van der Waals surface area contributed by atoms with Gasteiger partial charge in [-0.3, -0.25) is 9.59 Å². The summed E-state index contributed by atoms with van der Waals surface area (Å²) in [5, 5.41) is 2.74. The van der Waals surface area contributed by atoms with Gasteiger partial charge in [0.05, 0.1) is 11.0 Å². The fourth-order valence-corrected chi connectivity index (χ4v) is 5.47. The number of carbonyl (C=O) groups is 2. The van der Waals surface area contributed by atoms with E-state index >= 15 is 0 Å². The summed E-state index contributed by atoms with van der Waals surface area (Å²) in [6.07, 6.45) is 2.19. The Hall–Kier alpha value is -3.04. The van der Waals surface area contributed by atoms with E-state index in [0.717, 1.165) is 61.1 Å². The standard InChI is InChI=1S/C29H38N4O4S/c1-6-33(38-24-10-7-22(8-11-24)30-27(35)19-37-20(2)34)23-9-12-26-25(17-23)31-28(29(3,4)5)32(26)18-21-13-15-36-16-14-21/h7-12,17,21H,6,13-16,18-19H2,1-5H3,(H,30,35). The molecule has 8 nitrogen and oxygen atoms in total. The summed E-state index contributed by atoms with van der Waals surface area (Å²) in [6, 6.07) is 14.2. The lowest BCUT2D eigenvalue weighted by Crippen LogP contribution is -2.25. The third-order valence-electron chi connectivity index (χ3n) is 6.52. The number of esters is 1. The maximum absolute atomic E-state index is 11.9. The van der Waals surface area contributed by atoms with Crippen LogP contribution < -0.4 is 9.62 Å². The highest BCUT2D eigenvalue weighted by Gasteiger charge is 2.26. The number of ether oxygens (including phenoxy) is 2. The van der Waals surface area contributed by atoms with Gasteiger partial charge >= 0.3 is 5.97 Å². The first kappa shape index (κ1) is 28.0. The van der Waals surface area contributed by atoms with Gasteiger partial charge in [-0.15, -0.1) is 0 Å². The predicted octanol–water partition coefficient (Wildman–Crippen LogP) is 5.80. The Labute approximate surface area is 229 Å². The van der Waals surface area contributed by atoms with Crippen molar-refractivity contribution in [2.75, 3.05) is 36.0 Å². The first-order valence-corrected chi connectivity index (χ1v) is 14.0. The summed E-state index contributed by atoms with van der Waals surface area (Å²) >= 11 is 1.64. The van der Waals surface area contributed by atoms with Crippen molar-refractivity contribution in [3.8, 4) is 0 Å². The molecule has 3 aromatic rings. The van der Waals surface area contributed by atoms with E-state index in [2.05, 4.69) is 60.1 Å². The first-order chi connectivity index (χ1) is 18.1. The lowest BCUT2D eigenvalue weighted by atomic mass is 9.94. The number of hydrogen-bond donors (Lipinski definition) is 1. The zero-order chi connectivity index (χ0) is 27.3. The van der Waals surface area contributed by atoms with Crippen molar-refractivity contribution in [2.24, 2.45) is 5.92 Å². The molecule has 1 N–H and O–H groups in total. The van der Waals surface area contributed by atoms with E-state index in [-0.39, 0.29) is 17.9 Å². The number of hydrogen-bond acceptors (Lipinski definition) is 7. The second-order valence-electron chi connectivity index (χ2n) is 10.7. The molecule has 0 atom stereocenters. The van der Waals surface area contributed by atoms with E-state index in [0.29, 0.717) is 11.6 Å². The lowest BCUT2D eigenvalue weighted by Gasteiger charge is -2.26. The van der Waals surface area contributed by atoms with Crippen LogP contribution in [0, 0.1) is 5.92 Å². The van der Waals surface area contributed by atoms with Gasteiger partial charge in [-0.25, -0.2) is 4.98 Å². The zero-order valence-corrected chi connectivity index (χ0v) is 23.8. The highest BCUT2D eigenvalue weighted by molar-refractivity contribution is 8.00. The van der Waals surface area contributed by atoms with Crippen LogP contribution in [0.3, 0.4) is 0 Å². The summed E-state index contributed by atoms with van der Waals surface area (Å²) in [7, 11) is 0. The van der Waals surface area contributed by atoms with Gasteiger partial charge in [0, 0.05) is 54.9 Å². The van der Waals surface area contributed by atoms with E-state index in [1.165, 1.54) is 12.4 Å². The molecule has 0 spiro atoms. The minimum absolute atomic E-state index is 0.0566. The topological polar surface area (TPSA) is 85.7 Å². The van der Waals surface area contributed by atoms with E-state index in [4.69, 9.17) is 14.5 Å². The first-order valence-electron chi connectivity index (χ1n) is 13.2. The van der Waals surface area contributed by atoms with Gasteiger partial charge < -0.3 is 23.7 Å². The van der Waals surface area contributed by atoms with Crippen LogP contribution in [-0.4, -0.2) is 47.8 Å². The summed E-state index contributed by atoms with van der Waals surface area (Å²) < 4.78 is 15.0. The Morgan fingerprint density at radius 3 is 2.50 bits per heavy atom. The molecule has 9 heteroatoms. The van der Waals surface area contributed by atoms with Crippen molar-refractivity contribution >= 4 is 46.2 Å². The van der Waals surface area contributed by atoms with Gasteiger partial charge in [0.2, 0.25) is 0 Å². The Morgan fingerprint density at radius 2 is 1.87 bits per heavy atom. The van der Waals surface area contributed by atoms with Crippen LogP contribution >= 0.6 is 11.9 Å². The van der Waals surface area contributed by atoms with Crippen LogP contribution in [-0.2, 0) is 31.0 Å². The van der Waals surface area contributed by atoms with Crippen molar-refractivity contribution in [1.82, 2.24) is 9.55 Å². The molecule has 1 aliphatic heterocycles. The molecule has 1 aromatic heterocycles. The summed E-state index contributed by atoms with van der Waals surface area (Å²) in [6.45, 7) is 13.3. The Morgan fingerprint density at radius 1 is 1.16 bits per heavy atom. The average molecular weight is 539 g/mol. The third kappa shape index (κ3) is 7.08. The maximum Gasteiger partial charge on any atom is 0.303 e. The number of fused-ring (bicyclic) bond motifs is 1. The van der Waals surface area contributed by atoms with Gasteiger partial charge in [0.25, 0.3) is 5.91 Å². The largest absolute Gasteiger partial charge is 0.456 e. The number of amides is 1. The zero-order valence-electron chi connectivity index (χ0n) is 23.0. The molecule has 1 aliphatic rings. The molecule has 4 rings (SSSR count). The number of aromatic nitrogens is 2. The van der Waals surface area contributed by atoms with E-state index in [1.54, 1.807) is 11.9 Å². The Balaban J connectivity index is 1.51. The quantitative estimate of drug-likeness (QED) is 0.272. The molecule has 0 unspecified atom stereocenters. The minimum Gasteiger partial charge on any atom is -0.456 e. The molecule has 1 amide bonds. The van der Waals surface area contributed by atoms with Gasteiger partial charge in [0.1, 0.15) is 5.82 Å². The molecular formula is C29H38N4O4S. The maximum atomic E-state index is 11.9. The molecular weight excluding hydrogens is 500 g/mol. The molecule has 2 heterocycles. The van der Waals surface area contributed by atoms with Crippen molar-refractivity contribution in [2.45, 2.75) is 64.3 Å². The number of anilines is 2. The van der Waals surface area contributed by atoms with Crippen molar-refractivity contribution in [3.05, 3.63) is 48.3 Å².